The van der Waals surface area contributed by atoms with Crippen LogP contribution in [0.2, 0.25) is 5.02 Å². The van der Waals surface area contributed by atoms with Crippen molar-refractivity contribution in [2.45, 2.75) is 31.7 Å². The van der Waals surface area contributed by atoms with Crippen molar-refractivity contribution in [1.29, 1.82) is 0 Å². The van der Waals surface area contributed by atoms with E-state index in [1.54, 1.807) is 35.1 Å². The normalized spacial score (nSPS) is 11.2. The highest BCUT2D eigenvalue weighted by molar-refractivity contribution is 7.92. The van der Waals surface area contributed by atoms with Gasteiger partial charge in [-0.3, -0.25) is 14.2 Å². The smallest absolute Gasteiger partial charge is 0.263 e. The Balaban J connectivity index is 1.64. The average Bonchev–Trinajstić information content (AvgIpc) is 3.17. The summed E-state index contributed by atoms with van der Waals surface area (Å²) in [5.74, 6) is 0.255. The van der Waals surface area contributed by atoms with E-state index >= 15 is 0 Å². The molecule has 1 heterocycles. The molecule has 1 amide bonds. The van der Waals surface area contributed by atoms with Crippen molar-refractivity contribution in [3.63, 3.8) is 0 Å². The number of ether oxygens (including phenoxy) is 1. The molecule has 0 atom stereocenters. The molecule has 0 fully saturated rings. The Morgan fingerprint density at radius 1 is 1.19 bits per heavy atom. The fraction of sp³-hybridized carbons (Fsp3) is 0.273. The van der Waals surface area contributed by atoms with E-state index in [9.17, 15) is 13.2 Å². The van der Waals surface area contributed by atoms with Crippen molar-refractivity contribution in [1.82, 2.24) is 15.1 Å². The SMILES string of the molecule is CCOc1ccc(NS(=O)(=O)c2cc(C(=O)NCCCn3cc(C)cn3)ccc2Cl)cc1. The standard InChI is InChI=1S/C22H25ClN4O4S/c1-3-31-19-8-6-18(7-9-19)26-32(29,30)21-13-17(5-10-20(21)23)22(28)24-11-4-12-27-15-16(2)14-25-27/h5-10,13-15,26H,3-4,11-12H2,1-2H3,(H,24,28). The maximum Gasteiger partial charge on any atom is 0.263 e. The molecule has 8 nitrogen and oxygen atoms in total. The van der Waals surface area contributed by atoms with Gasteiger partial charge in [0.05, 0.1) is 17.8 Å². The maximum absolute atomic E-state index is 12.9. The van der Waals surface area contributed by atoms with Crippen LogP contribution in [0, 0.1) is 6.92 Å². The van der Waals surface area contributed by atoms with Crippen LogP contribution in [0.15, 0.2) is 59.8 Å². The van der Waals surface area contributed by atoms with Gasteiger partial charge in [0.1, 0.15) is 10.6 Å². The number of nitrogens with one attached hydrogen (secondary N) is 2. The number of amides is 1. The van der Waals surface area contributed by atoms with Gasteiger partial charge in [0.15, 0.2) is 0 Å². The summed E-state index contributed by atoms with van der Waals surface area (Å²) in [6.07, 6.45) is 4.38. The van der Waals surface area contributed by atoms with Crippen LogP contribution < -0.4 is 14.8 Å². The molecule has 0 bridgehead atoms. The molecule has 170 valence electrons. The van der Waals surface area contributed by atoms with E-state index in [-0.39, 0.29) is 21.4 Å². The van der Waals surface area contributed by atoms with Gasteiger partial charge in [-0.25, -0.2) is 8.42 Å². The zero-order valence-corrected chi connectivity index (χ0v) is 19.4. The summed E-state index contributed by atoms with van der Waals surface area (Å²) in [7, 11) is -4.00. The quantitative estimate of drug-likeness (QED) is 0.432. The molecule has 0 unspecified atom stereocenters. The third-order valence-electron chi connectivity index (χ3n) is 4.51. The van der Waals surface area contributed by atoms with Crippen LogP contribution in [-0.4, -0.2) is 37.3 Å². The zero-order chi connectivity index (χ0) is 23.1. The Bertz CT molecular complexity index is 1180. The van der Waals surface area contributed by atoms with Gasteiger partial charge in [0, 0.05) is 30.5 Å². The predicted octanol–water partition coefficient (Wildman–Crippen LogP) is 3.86. The molecule has 0 saturated carbocycles. The lowest BCUT2D eigenvalue weighted by molar-refractivity contribution is 0.0952. The maximum atomic E-state index is 12.9. The Kier molecular flexibility index (Phi) is 7.76. The van der Waals surface area contributed by atoms with Crippen LogP contribution in [-0.2, 0) is 16.6 Å². The minimum atomic E-state index is -4.00. The van der Waals surface area contributed by atoms with E-state index in [2.05, 4.69) is 15.1 Å². The molecule has 0 radical (unpaired) electrons. The summed E-state index contributed by atoms with van der Waals surface area (Å²) in [5, 5.41) is 7.01. The minimum Gasteiger partial charge on any atom is -0.494 e. The van der Waals surface area contributed by atoms with E-state index in [4.69, 9.17) is 16.3 Å². The predicted molar refractivity (Wildman–Crippen MR) is 124 cm³/mol. The first-order valence-corrected chi connectivity index (χ1v) is 12.0. The van der Waals surface area contributed by atoms with Gasteiger partial charge in [-0.2, -0.15) is 5.10 Å². The topological polar surface area (TPSA) is 102 Å². The number of sulfonamides is 1. The first-order chi connectivity index (χ1) is 15.3. The third kappa shape index (κ3) is 6.24. The number of halogens is 1. The third-order valence-corrected chi connectivity index (χ3v) is 6.38. The first-order valence-electron chi connectivity index (χ1n) is 10.1. The number of hydrogen-bond donors (Lipinski definition) is 2. The largest absolute Gasteiger partial charge is 0.494 e. The second-order valence-electron chi connectivity index (χ2n) is 7.10. The van der Waals surface area contributed by atoms with Crippen LogP contribution in [0.25, 0.3) is 0 Å². The number of carbonyl (C=O) groups is 1. The van der Waals surface area contributed by atoms with Crippen LogP contribution in [0.4, 0.5) is 5.69 Å². The van der Waals surface area contributed by atoms with Crippen molar-refractivity contribution in [3.05, 3.63) is 71.0 Å². The number of aromatic nitrogens is 2. The van der Waals surface area contributed by atoms with Crippen molar-refractivity contribution >= 4 is 33.2 Å². The molecule has 1 aromatic heterocycles. The second-order valence-corrected chi connectivity index (χ2v) is 9.16. The average molecular weight is 477 g/mol. The fourth-order valence-electron chi connectivity index (χ4n) is 2.98. The summed E-state index contributed by atoms with van der Waals surface area (Å²) >= 11 is 6.13. The summed E-state index contributed by atoms with van der Waals surface area (Å²) < 4.78 is 35.4. The number of nitrogens with zero attached hydrogens (tertiary/aromatic N) is 2. The lowest BCUT2D eigenvalue weighted by atomic mass is 10.2. The molecular weight excluding hydrogens is 452 g/mol. The van der Waals surface area contributed by atoms with E-state index in [1.807, 2.05) is 20.0 Å². The molecule has 0 aliphatic carbocycles. The molecule has 0 spiro atoms. The Morgan fingerprint density at radius 2 is 1.94 bits per heavy atom. The molecular formula is C22H25ClN4O4S. The van der Waals surface area contributed by atoms with Gasteiger partial charge in [-0.1, -0.05) is 11.6 Å². The van der Waals surface area contributed by atoms with E-state index in [0.29, 0.717) is 37.6 Å². The summed E-state index contributed by atoms with van der Waals surface area (Å²) in [6.45, 7) is 5.43. The van der Waals surface area contributed by atoms with Crippen molar-refractivity contribution < 1.29 is 17.9 Å². The molecule has 0 saturated heterocycles. The molecule has 2 N–H and O–H groups in total. The monoisotopic (exact) mass is 476 g/mol. The van der Waals surface area contributed by atoms with Gasteiger partial charge >= 0.3 is 0 Å². The highest BCUT2D eigenvalue weighted by Gasteiger charge is 2.20. The van der Waals surface area contributed by atoms with Gasteiger partial charge in [-0.15, -0.1) is 0 Å². The molecule has 2 aromatic carbocycles. The van der Waals surface area contributed by atoms with Crippen molar-refractivity contribution in [2.75, 3.05) is 17.9 Å². The van der Waals surface area contributed by atoms with Gasteiger partial charge < -0.3 is 10.1 Å². The van der Waals surface area contributed by atoms with E-state index in [1.165, 1.54) is 18.2 Å². The van der Waals surface area contributed by atoms with Crippen LogP contribution in [0.1, 0.15) is 29.3 Å². The highest BCUT2D eigenvalue weighted by Crippen LogP contribution is 2.26. The Labute approximate surface area is 192 Å². The van der Waals surface area contributed by atoms with Crippen molar-refractivity contribution in [3.8, 4) is 5.75 Å². The highest BCUT2D eigenvalue weighted by atomic mass is 35.5. The van der Waals surface area contributed by atoms with E-state index in [0.717, 1.165) is 5.56 Å². The van der Waals surface area contributed by atoms with Crippen LogP contribution in [0.3, 0.4) is 0 Å². The summed E-state index contributed by atoms with van der Waals surface area (Å²) in [6, 6.07) is 10.7. The van der Waals surface area contributed by atoms with Crippen molar-refractivity contribution in [2.24, 2.45) is 0 Å². The number of carbonyl (C=O) groups excluding carboxylic acids is 1. The lowest BCUT2D eigenvalue weighted by Crippen LogP contribution is -2.25. The van der Waals surface area contributed by atoms with Gasteiger partial charge in [0.2, 0.25) is 0 Å². The zero-order valence-electron chi connectivity index (χ0n) is 17.8. The number of anilines is 1. The van der Waals surface area contributed by atoms with E-state index < -0.39 is 10.0 Å². The van der Waals surface area contributed by atoms with Gasteiger partial charge in [-0.05, 0) is 68.3 Å². The summed E-state index contributed by atoms with van der Waals surface area (Å²) in [4.78, 5) is 12.3. The van der Waals surface area contributed by atoms with Crippen LogP contribution in [0.5, 0.6) is 5.75 Å². The minimum absolute atomic E-state index is 0.0223. The van der Waals surface area contributed by atoms with Gasteiger partial charge in [0.25, 0.3) is 15.9 Å². The molecule has 0 aliphatic rings. The molecule has 10 heteroatoms. The molecule has 32 heavy (non-hydrogen) atoms. The summed E-state index contributed by atoms with van der Waals surface area (Å²) in [5.41, 5.74) is 1.63. The Hall–Kier alpha value is -3.04. The molecule has 3 rings (SSSR count). The number of rotatable bonds is 10. The molecule has 0 aliphatic heterocycles. The molecule has 3 aromatic rings. The number of hydrogen-bond acceptors (Lipinski definition) is 5. The number of aryl methyl sites for hydroxylation is 2. The van der Waals surface area contributed by atoms with Crippen LogP contribution >= 0.6 is 11.6 Å². The fourth-order valence-corrected chi connectivity index (χ4v) is 4.57. The lowest BCUT2D eigenvalue weighted by Gasteiger charge is -2.12. The Morgan fingerprint density at radius 3 is 2.59 bits per heavy atom. The first kappa shape index (κ1) is 23.6. The second kappa shape index (κ2) is 10.5. The number of benzene rings is 2.